The van der Waals surface area contributed by atoms with Gasteiger partial charge in [-0.15, -0.1) is 0 Å². The number of benzene rings is 2. The van der Waals surface area contributed by atoms with Crippen molar-refractivity contribution in [2.75, 3.05) is 25.1 Å². The van der Waals surface area contributed by atoms with E-state index in [1.165, 1.54) is 12.1 Å². The standard InChI is InChI=1S/C22H21F6N3O2/c1-31-18-11-13(5-6-16(18)20(30-31)29-14-7-9-32-10-8-14)15-3-2-4-17(23)19(15)33-12-21(24,25)22(26,27)28/h2-6,11,14H,7-10,12H2,1H3,(H,29,30). The fourth-order valence-corrected chi connectivity index (χ4v) is 3.69. The van der Waals surface area contributed by atoms with Crippen molar-refractivity contribution in [2.24, 2.45) is 7.05 Å². The largest absolute Gasteiger partial charge is 0.483 e. The van der Waals surface area contributed by atoms with Gasteiger partial charge in [-0.2, -0.15) is 27.1 Å². The number of halogens is 6. The third-order valence-electron chi connectivity index (χ3n) is 5.50. The molecule has 11 heteroatoms. The number of nitrogens with zero attached hydrogens (tertiary/aromatic N) is 2. The molecule has 3 aromatic rings. The van der Waals surface area contributed by atoms with Gasteiger partial charge in [-0.25, -0.2) is 4.39 Å². The van der Waals surface area contributed by atoms with E-state index in [2.05, 4.69) is 15.2 Å². The second-order valence-electron chi connectivity index (χ2n) is 7.84. The molecule has 0 atom stereocenters. The van der Waals surface area contributed by atoms with Gasteiger partial charge in [0.2, 0.25) is 0 Å². The van der Waals surface area contributed by atoms with Crippen LogP contribution in [0.5, 0.6) is 5.75 Å². The van der Waals surface area contributed by atoms with Crippen LogP contribution in [-0.4, -0.2) is 47.7 Å². The van der Waals surface area contributed by atoms with Gasteiger partial charge in [0.15, 0.2) is 24.0 Å². The predicted octanol–water partition coefficient (Wildman–Crippen LogP) is 5.55. The quantitative estimate of drug-likeness (QED) is 0.477. The zero-order valence-corrected chi connectivity index (χ0v) is 17.6. The van der Waals surface area contributed by atoms with Crippen molar-refractivity contribution < 1.29 is 35.8 Å². The first-order valence-electron chi connectivity index (χ1n) is 10.2. The lowest BCUT2D eigenvalue weighted by atomic mass is 10.0. The molecule has 1 aliphatic heterocycles. The molecule has 4 rings (SSSR count). The van der Waals surface area contributed by atoms with Gasteiger partial charge < -0.3 is 14.8 Å². The maximum Gasteiger partial charge on any atom is 0.456 e. The average molecular weight is 473 g/mol. The molecule has 1 aliphatic rings. The van der Waals surface area contributed by atoms with Crippen molar-refractivity contribution >= 4 is 16.7 Å². The first-order chi connectivity index (χ1) is 15.6. The minimum absolute atomic E-state index is 0.0509. The van der Waals surface area contributed by atoms with Crippen molar-refractivity contribution in [3.8, 4) is 16.9 Å². The van der Waals surface area contributed by atoms with E-state index in [0.717, 1.165) is 24.3 Å². The second-order valence-corrected chi connectivity index (χ2v) is 7.84. The molecule has 1 N–H and O–H groups in total. The summed E-state index contributed by atoms with van der Waals surface area (Å²) in [6, 6.07) is 8.86. The summed E-state index contributed by atoms with van der Waals surface area (Å²) in [7, 11) is 1.72. The van der Waals surface area contributed by atoms with E-state index in [-0.39, 0.29) is 11.6 Å². The Morgan fingerprint density at radius 2 is 1.85 bits per heavy atom. The number of nitrogens with one attached hydrogen (secondary N) is 1. The molecule has 1 saturated heterocycles. The first kappa shape index (κ1) is 23.2. The van der Waals surface area contributed by atoms with Gasteiger partial charge >= 0.3 is 12.1 Å². The number of anilines is 1. The van der Waals surface area contributed by atoms with Gasteiger partial charge in [0.05, 0.1) is 5.52 Å². The Hall–Kier alpha value is -2.95. The Bertz CT molecular complexity index is 1140. The Morgan fingerprint density at radius 3 is 2.55 bits per heavy atom. The zero-order chi connectivity index (χ0) is 23.8. The number of hydrogen-bond donors (Lipinski definition) is 1. The summed E-state index contributed by atoms with van der Waals surface area (Å²) in [5.74, 6) is -6.18. The number of para-hydroxylation sites is 1. The van der Waals surface area contributed by atoms with Crippen LogP contribution in [0.1, 0.15) is 12.8 Å². The number of ether oxygens (including phenoxy) is 2. The molecule has 33 heavy (non-hydrogen) atoms. The molecule has 2 heterocycles. The number of alkyl halides is 5. The third kappa shape index (κ3) is 4.73. The van der Waals surface area contributed by atoms with Crippen LogP contribution in [0.25, 0.3) is 22.0 Å². The second kappa shape index (κ2) is 8.77. The molecule has 0 saturated carbocycles. The van der Waals surface area contributed by atoms with Crippen LogP contribution in [0, 0.1) is 5.82 Å². The van der Waals surface area contributed by atoms with Gasteiger partial charge in [0.1, 0.15) is 0 Å². The van der Waals surface area contributed by atoms with Gasteiger partial charge in [-0.05, 0) is 36.6 Å². The van der Waals surface area contributed by atoms with Gasteiger partial charge in [-0.1, -0.05) is 18.2 Å². The lowest BCUT2D eigenvalue weighted by molar-refractivity contribution is -0.290. The van der Waals surface area contributed by atoms with E-state index in [9.17, 15) is 26.3 Å². The van der Waals surface area contributed by atoms with Crippen molar-refractivity contribution in [3.05, 3.63) is 42.2 Å². The highest BCUT2D eigenvalue weighted by Gasteiger charge is 2.58. The highest BCUT2D eigenvalue weighted by Crippen LogP contribution is 2.39. The van der Waals surface area contributed by atoms with E-state index >= 15 is 0 Å². The number of aromatic nitrogens is 2. The van der Waals surface area contributed by atoms with Crippen LogP contribution < -0.4 is 10.1 Å². The molecule has 2 aromatic carbocycles. The minimum Gasteiger partial charge on any atom is -0.483 e. The highest BCUT2D eigenvalue weighted by atomic mass is 19.4. The van der Waals surface area contributed by atoms with E-state index in [1.807, 2.05) is 0 Å². The average Bonchev–Trinajstić information content (AvgIpc) is 3.07. The van der Waals surface area contributed by atoms with E-state index < -0.39 is 30.3 Å². The third-order valence-corrected chi connectivity index (χ3v) is 5.50. The molecule has 0 bridgehead atoms. The van der Waals surface area contributed by atoms with Crippen LogP contribution in [0.15, 0.2) is 36.4 Å². The molecule has 0 aliphatic carbocycles. The van der Waals surface area contributed by atoms with Crippen molar-refractivity contribution in [2.45, 2.75) is 31.0 Å². The maximum atomic E-state index is 14.4. The number of hydrogen-bond acceptors (Lipinski definition) is 4. The van der Waals surface area contributed by atoms with Crippen LogP contribution in [0.2, 0.25) is 0 Å². The van der Waals surface area contributed by atoms with Crippen molar-refractivity contribution in [1.29, 1.82) is 0 Å². The molecule has 0 spiro atoms. The lowest BCUT2D eigenvalue weighted by Gasteiger charge is -2.23. The van der Waals surface area contributed by atoms with Gasteiger partial charge in [-0.3, -0.25) is 4.68 Å². The number of aryl methyl sites for hydroxylation is 1. The molecule has 0 radical (unpaired) electrons. The molecule has 5 nitrogen and oxygen atoms in total. The molecular formula is C22H21F6N3O2. The fourth-order valence-electron chi connectivity index (χ4n) is 3.69. The maximum absolute atomic E-state index is 14.4. The van der Waals surface area contributed by atoms with Gasteiger partial charge in [0.25, 0.3) is 0 Å². The minimum atomic E-state index is -5.81. The summed E-state index contributed by atoms with van der Waals surface area (Å²) in [6.45, 7) is -0.720. The monoisotopic (exact) mass is 473 g/mol. The molecular weight excluding hydrogens is 452 g/mol. The summed E-state index contributed by atoms with van der Waals surface area (Å²) < 4.78 is 90.2. The predicted molar refractivity (Wildman–Crippen MR) is 110 cm³/mol. The number of rotatable bonds is 6. The number of fused-ring (bicyclic) bond motifs is 1. The van der Waals surface area contributed by atoms with Crippen LogP contribution in [0.3, 0.4) is 0 Å². The smallest absolute Gasteiger partial charge is 0.456 e. The SMILES string of the molecule is Cn1nc(NC2CCOCC2)c2ccc(-c3cccc(F)c3OCC(F)(F)C(F)(F)F)cc21. The summed E-state index contributed by atoms with van der Waals surface area (Å²) >= 11 is 0. The topological polar surface area (TPSA) is 48.3 Å². The zero-order valence-electron chi connectivity index (χ0n) is 17.6. The van der Waals surface area contributed by atoms with Crippen molar-refractivity contribution in [3.63, 3.8) is 0 Å². The molecule has 0 unspecified atom stereocenters. The van der Waals surface area contributed by atoms with E-state index in [0.29, 0.717) is 30.1 Å². The Balaban J connectivity index is 1.65. The van der Waals surface area contributed by atoms with E-state index in [1.54, 1.807) is 29.9 Å². The van der Waals surface area contributed by atoms with Crippen LogP contribution >= 0.6 is 0 Å². The summed E-state index contributed by atoms with van der Waals surface area (Å²) in [4.78, 5) is 0. The van der Waals surface area contributed by atoms with Gasteiger partial charge in [0, 0.05) is 37.3 Å². The summed E-state index contributed by atoms with van der Waals surface area (Å²) in [5, 5.41) is 8.67. The van der Waals surface area contributed by atoms with Crippen LogP contribution in [-0.2, 0) is 11.8 Å². The molecule has 1 fully saturated rings. The van der Waals surface area contributed by atoms with Crippen LogP contribution in [0.4, 0.5) is 32.2 Å². The Kier molecular flexibility index (Phi) is 6.17. The Morgan fingerprint density at radius 1 is 1.12 bits per heavy atom. The fraction of sp³-hybridized carbons (Fsp3) is 0.409. The summed E-state index contributed by atoms with van der Waals surface area (Å²) in [6.07, 6.45) is -4.13. The molecule has 0 amide bonds. The molecule has 178 valence electrons. The first-order valence-corrected chi connectivity index (χ1v) is 10.2. The lowest BCUT2D eigenvalue weighted by Crippen LogP contribution is -2.41. The van der Waals surface area contributed by atoms with Crippen molar-refractivity contribution in [1.82, 2.24) is 9.78 Å². The van der Waals surface area contributed by atoms with E-state index in [4.69, 9.17) is 4.74 Å². The highest BCUT2D eigenvalue weighted by molar-refractivity contribution is 5.93. The Labute approximate surface area is 185 Å². The molecule has 1 aromatic heterocycles. The normalized spacial score (nSPS) is 15.7. The summed E-state index contributed by atoms with van der Waals surface area (Å²) in [5.41, 5.74) is 1.10.